The van der Waals surface area contributed by atoms with E-state index in [4.69, 9.17) is 4.74 Å². The number of benzene rings is 1. The monoisotopic (exact) mass is 246 g/mol. The molecular weight excluding hydrogens is 233 g/mol. The van der Waals surface area contributed by atoms with E-state index in [0.29, 0.717) is 11.1 Å². The van der Waals surface area contributed by atoms with Crippen LogP contribution in [0.3, 0.4) is 0 Å². The summed E-state index contributed by atoms with van der Waals surface area (Å²) in [6.45, 7) is 3.43. The molecule has 1 aromatic carbocycles. The topological polar surface area (TPSA) is 26.3 Å². The second-order valence-corrected chi connectivity index (χ2v) is 3.69. The fourth-order valence-electron chi connectivity index (χ4n) is 1.51. The number of carbonyl (C=O) groups excluding carboxylic acids is 1. The third-order valence-electron chi connectivity index (χ3n) is 2.12. The lowest BCUT2D eigenvalue weighted by atomic mass is 10.0. The van der Waals surface area contributed by atoms with Crippen molar-refractivity contribution in [3.63, 3.8) is 0 Å². The van der Waals surface area contributed by atoms with Crippen LogP contribution in [0.2, 0.25) is 0 Å². The van der Waals surface area contributed by atoms with E-state index >= 15 is 0 Å². The molecule has 0 spiro atoms. The summed E-state index contributed by atoms with van der Waals surface area (Å²) in [6, 6.07) is 3.57. The third-order valence-corrected chi connectivity index (χ3v) is 2.12. The van der Waals surface area contributed by atoms with E-state index in [1.54, 1.807) is 19.9 Å². The first kappa shape index (κ1) is 13.5. The van der Waals surface area contributed by atoms with Gasteiger partial charge in [0.1, 0.15) is 0 Å². The molecule has 0 bridgehead atoms. The predicted octanol–water partition coefficient (Wildman–Crippen LogP) is 3.12. The van der Waals surface area contributed by atoms with Gasteiger partial charge in [0.15, 0.2) is 0 Å². The highest BCUT2D eigenvalue weighted by Gasteiger charge is 2.30. The number of hydrogen-bond acceptors (Lipinski definition) is 2. The number of rotatable bonds is 3. The van der Waals surface area contributed by atoms with Crippen molar-refractivity contribution in [1.82, 2.24) is 0 Å². The van der Waals surface area contributed by atoms with Gasteiger partial charge in [-0.2, -0.15) is 13.2 Å². The first-order chi connectivity index (χ1) is 7.82. The SMILES string of the molecule is CCOC(=O)Cc1cc(C)cc(C(F)(F)F)c1. The summed E-state index contributed by atoms with van der Waals surface area (Å²) in [7, 11) is 0. The van der Waals surface area contributed by atoms with Crippen LogP contribution < -0.4 is 0 Å². The number of halogens is 3. The molecule has 1 rings (SSSR count). The minimum Gasteiger partial charge on any atom is -0.466 e. The summed E-state index contributed by atoms with van der Waals surface area (Å²) < 4.78 is 42.2. The van der Waals surface area contributed by atoms with Crippen LogP contribution in [0.5, 0.6) is 0 Å². The summed E-state index contributed by atoms with van der Waals surface area (Å²) in [5, 5.41) is 0. The standard InChI is InChI=1S/C12H13F3O2/c1-3-17-11(16)7-9-4-8(2)5-10(6-9)12(13,14)15/h4-6H,3,7H2,1-2H3. The van der Waals surface area contributed by atoms with E-state index in [1.807, 2.05) is 0 Å². The van der Waals surface area contributed by atoms with Gasteiger partial charge in [-0.1, -0.05) is 11.6 Å². The molecule has 0 atom stereocenters. The highest BCUT2D eigenvalue weighted by molar-refractivity contribution is 5.72. The van der Waals surface area contributed by atoms with Crippen LogP contribution in [0.25, 0.3) is 0 Å². The third kappa shape index (κ3) is 4.09. The van der Waals surface area contributed by atoms with Gasteiger partial charge in [-0.15, -0.1) is 0 Å². The second kappa shape index (κ2) is 5.21. The van der Waals surface area contributed by atoms with Crippen molar-refractivity contribution in [2.75, 3.05) is 6.61 Å². The zero-order chi connectivity index (χ0) is 13.1. The van der Waals surface area contributed by atoms with Crippen LogP contribution >= 0.6 is 0 Å². The molecule has 0 aliphatic heterocycles. The summed E-state index contributed by atoms with van der Waals surface area (Å²) in [4.78, 5) is 11.2. The Balaban J connectivity index is 2.94. The lowest BCUT2D eigenvalue weighted by Crippen LogP contribution is -2.10. The van der Waals surface area contributed by atoms with Crippen LogP contribution in [0.15, 0.2) is 18.2 Å². The zero-order valence-electron chi connectivity index (χ0n) is 9.60. The van der Waals surface area contributed by atoms with Gasteiger partial charge in [-0.05, 0) is 31.5 Å². The molecule has 0 amide bonds. The van der Waals surface area contributed by atoms with E-state index in [-0.39, 0.29) is 13.0 Å². The van der Waals surface area contributed by atoms with Crippen molar-refractivity contribution in [3.8, 4) is 0 Å². The molecule has 1 aromatic rings. The average Bonchev–Trinajstić information content (AvgIpc) is 2.15. The molecule has 2 nitrogen and oxygen atoms in total. The normalized spacial score (nSPS) is 11.4. The van der Waals surface area contributed by atoms with Gasteiger partial charge < -0.3 is 4.74 Å². The maximum atomic E-state index is 12.5. The van der Waals surface area contributed by atoms with Gasteiger partial charge in [0, 0.05) is 0 Å². The van der Waals surface area contributed by atoms with E-state index in [2.05, 4.69) is 0 Å². The van der Waals surface area contributed by atoms with E-state index in [0.717, 1.165) is 12.1 Å². The number of carbonyl (C=O) groups is 1. The van der Waals surface area contributed by atoms with Gasteiger partial charge in [0.2, 0.25) is 0 Å². The average molecular weight is 246 g/mol. The van der Waals surface area contributed by atoms with Crippen molar-refractivity contribution in [2.24, 2.45) is 0 Å². The quantitative estimate of drug-likeness (QED) is 0.766. The van der Waals surface area contributed by atoms with Gasteiger partial charge in [-0.3, -0.25) is 4.79 Å². The molecule has 0 radical (unpaired) electrons. The molecule has 94 valence electrons. The Morgan fingerprint density at radius 1 is 1.29 bits per heavy atom. The largest absolute Gasteiger partial charge is 0.466 e. The lowest BCUT2D eigenvalue weighted by molar-refractivity contribution is -0.142. The summed E-state index contributed by atoms with van der Waals surface area (Å²) >= 11 is 0. The molecular formula is C12H13F3O2. The highest BCUT2D eigenvalue weighted by Crippen LogP contribution is 2.30. The van der Waals surface area contributed by atoms with Crippen molar-refractivity contribution >= 4 is 5.97 Å². The molecule has 0 aromatic heterocycles. The summed E-state index contributed by atoms with van der Waals surface area (Å²) in [6.07, 6.45) is -4.53. The van der Waals surface area contributed by atoms with E-state index < -0.39 is 17.7 Å². The van der Waals surface area contributed by atoms with Crippen molar-refractivity contribution in [3.05, 3.63) is 34.9 Å². The fourth-order valence-corrected chi connectivity index (χ4v) is 1.51. The smallest absolute Gasteiger partial charge is 0.416 e. The van der Waals surface area contributed by atoms with Gasteiger partial charge in [0.25, 0.3) is 0 Å². The Morgan fingerprint density at radius 2 is 1.94 bits per heavy atom. The second-order valence-electron chi connectivity index (χ2n) is 3.69. The lowest BCUT2D eigenvalue weighted by Gasteiger charge is -2.10. The Morgan fingerprint density at radius 3 is 2.47 bits per heavy atom. The minimum atomic E-state index is -4.39. The van der Waals surface area contributed by atoms with Crippen LogP contribution in [-0.4, -0.2) is 12.6 Å². The maximum absolute atomic E-state index is 12.5. The molecule has 0 aliphatic carbocycles. The van der Waals surface area contributed by atoms with Crippen LogP contribution in [0.4, 0.5) is 13.2 Å². The molecule has 0 unspecified atom stereocenters. The molecule has 0 aliphatic rings. The fraction of sp³-hybridized carbons (Fsp3) is 0.417. The molecule has 0 saturated carbocycles. The Labute approximate surface area is 97.4 Å². The number of alkyl halides is 3. The molecule has 0 N–H and O–H groups in total. The van der Waals surface area contributed by atoms with Crippen molar-refractivity contribution in [1.29, 1.82) is 0 Å². The summed E-state index contributed by atoms with van der Waals surface area (Å²) in [5.41, 5.74) is 0.0479. The Hall–Kier alpha value is -1.52. The zero-order valence-corrected chi connectivity index (χ0v) is 9.60. The number of aryl methyl sites for hydroxylation is 1. The highest BCUT2D eigenvalue weighted by atomic mass is 19.4. The molecule has 5 heteroatoms. The van der Waals surface area contributed by atoms with E-state index in [1.165, 1.54) is 0 Å². The minimum absolute atomic E-state index is 0.140. The van der Waals surface area contributed by atoms with Gasteiger partial charge >= 0.3 is 12.1 Å². The number of ether oxygens (including phenoxy) is 1. The van der Waals surface area contributed by atoms with Gasteiger partial charge in [0.05, 0.1) is 18.6 Å². The van der Waals surface area contributed by atoms with Crippen LogP contribution in [0, 0.1) is 6.92 Å². The maximum Gasteiger partial charge on any atom is 0.416 e. The van der Waals surface area contributed by atoms with Crippen LogP contribution in [-0.2, 0) is 22.1 Å². The van der Waals surface area contributed by atoms with Crippen molar-refractivity contribution < 1.29 is 22.7 Å². The van der Waals surface area contributed by atoms with Crippen molar-refractivity contribution in [2.45, 2.75) is 26.4 Å². The Bertz CT molecular complexity index is 411. The first-order valence-corrected chi connectivity index (χ1v) is 5.16. The van der Waals surface area contributed by atoms with E-state index in [9.17, 15) is 18.0 Å². The molecule has 0 saturated heterocycles. The first-order valence-electron chi connectivity index (χ1n) is 5.16. The van der Waals surface area contributed by atoms with Crippen LogP contribution in [0.1, 0.15) is 23.6 Å². The predicted molar refractivity (Wildman–Crippen MR) is 56.5 cm³/mol. The molecule has 0 heterocycles. The summed E-state index contributed by atoms with van der Waals surface area (Å²) in [5.74, 6) is -0.522. The molecule has 17 heavy (non-hydrogen) atoms. The number of hydrogen-bond donors (Lipinski definition) is 0. The molecule has 0 fully saturated rings. The number of esters is 1. The van der Waals surface area contributed by atoms with Gasteiger partial charge in [-0.25, -0.2) is 0 Å². The Kier molecular flexibility index (Phi) is 4.15.